The van der Waals surface area contributed by atoms with Gasteiger partial charge in [0.2, 0.25) is 0 Å². The second kappa shape index (κ2) is 7.87. The number of nitrogens with two attached hydrogens (primary N) is 2. The maximum Gasteiger partial charge on any atom is 0.132 e. The Kier molecular flexibility index (Phi) is 4.58. The van der Waals surface area contributed by atoms with Crippen molar-refractivity contribution in [2.24, 2.45) is 0 Å². The lowest BCUT2D eigenvalue weighted by Crippen LogP contribution is -2.29. The third-order valence-electron chi connectivity index (χ3n) is 7.79. The van der Waals surface area contributed by atoms with Gasteiger partial charge in [-0.2, -0.15) is 0 Å². The average Bonchev–Trinajstić information content (AvgIpc) is 2.92. The van der Waals surface area contributed by atoms with Crippen LogP contribution in [0.25, 0.3) is 32.7 Å². The van der Waals surface area contributed by atoms with Crippen molar-refractivity contribution >= 4 is 32.9 Å². The lowest BCUT2D eigenvalue weighted by Gasteiger charge is -2.38. The van der Waals surface area contributed by atoms with Crippen molar-refractivity contribution in [3.63, 3.8) is 0 Å². The minimum Gasteiger partial charge on any atom is -0.457 e. The molecule has 3 nitrogen and oxygen atoms in total. The van der Waals surface area contributed by atoms with Gasteiger partial charge in [-0.25, -0.2) is 0 Å². The van der Waals surface area contributed by atoms with E-state index < -0.39 is 5.41 Å². The van der Waals surface area contributed by atoms with Crippen molar-refractivity contribution in [3.05, 3.63) is 132 Å². The SMILES string of the molecule is CC1(c2ccc(-c3ccccc3)cc2)c2cc3cc(N)ccc3cc2Oc2cc3ccc(N)cc3cc21. The van der Waals surface area contributed by atoms with Gasteiger partial charge in [0, 0.05) is 27.9 Å². The summed E-state index contributed by atoms with van der Waals surface area (Å²) in [5, 5.41) is 4.41. The molecule has 1 aliphatic heterocycles. The van der Waals surface area contributed by atoms with E-state index in [4.69, 9.17) is 16.2 Å². The van der Waals surface area contributed by atoms with Crippen LogP contribution < -0.4 is 16.2 Å². The Bertz CT molecular complexity index is 1730. The van der Waals surface area contributed by atoms with Crippen LogP contribution >= 0.6 is 0 Å². The highest BCUT2D eigenvalue weighted by Crippen LogP contribution is 2.53. The number of nitrogen functional groups attached to an aromatic ring is 2. The van der Waals surface area contributed by atoms with Gasteiger partial charge in [0.15, 0.2) is 0 Å². The summed E-state index contributed by atoms with van der Waals surface area (Å²) in [7, 11) is 0. The zero-order chi connectivity index (χ0) is 25.1. The van der Waals surface area contributed by atoms with Gasteiger partial charge < -0.3 is 16.2 Å². The fourth-order valence-electron chi connectivity index (χ4n) is 5.74. The Hall–Kier alpha value is -4.76. The normalized spacial score (nSPS) is 13.6. The molecular weight excluding hydrogens is 452 g/mol. The molecule has 4 N–H and O–H groups in total. The Morgan fingerprint density at radius 1 is 0.514 bits per heavy atom. The average molecular weight is 479 g/mol. The quantitative estimate of drug-likeness (QED) is 0.246. The van der Waals surface area contributed by atoms with Crippen LogP contribution in [0.1, 0.15) is 23.6 Å². The molecule has 37 heavy (non-hydrogen) atoms. The Morgan fingerprint density at radius 2 is 1.03 bits per heavy atom. The Balaban J connectivity index is 1.50. The maximum atomic E-state index is 6.60. The summed E-state index contributed by atoms with van der Waals surface area (Å²) < 4.78 is 6.60. The number of hydrogen-bond acceptors (Lipinski definition) is 3. The van der Waals surface area contributed by atoms with Gasteiger partial charge in [-0.1, -0.05) is 66.7 Å². The summed E-state index contributed by atoms with van der Waals surface area (Å²) in [6.45, 7) is 2.29. The maximum absolute atomic E-state index is 6.60. The lowest BCUT2D eigenvalue weighted by molar-refractivity contribution is 0.429. The van der Waals surface area contributed by atoms with E-state index in [1.54, 1.807) is 0 Å². The molecule has 1 aliphatic rings. The molecule has 0 saturated carbocycles. The van der Waals surface area contributed by atoms with Crippen LogP contribution in [0, 0.1) is 0 Å². The minimum absolute atomic E-state index is 0.449. The van der Waals surface area contributed by atoms with Crippen LogP contribution in [0.2, 0.25) is 0 Å². The van der Waals surface area contributed by atoms with Crippen LogP contribution in [0.15, 0.2) is 115 Å². The molecule has 3 heteroatoms. The van der Waals surface area contributed by atoms with Gasteiger partial charge >= 0.3 is 0 Å². The number of benzene rings is 6. The molecule has 1 heterocycles. The summed E-state index contributed by atoms with van der Waals surface area (Å²) in [4.78, 5) is 0. The van der Waals surface area contributed by atoms with Crippen molar-refractivity contribution < 1.29 is 4.74 Å². The molecule has 0 amide bonds. The first-order valence-corrected chi connectivity index (χ1v) is 12.5. The predicted octanol–water partition coefficient (Wildman–Crippen LogP) is 8.28. The van der Waals surface area contributed by atoms with Crippen LogP contribution in [-0.4, -0.2) is 0 Å². The molecule has 0 unspecified atom stereocenters. The summed E-state index contributed by atoms with van der Waals surface area (Å²) in [5.41, 5.74) is 19.2. The second-order valence-electron chi connectivity index (χ2n) is 10.1. The third-order valence-corrected chi connectivity index (χ3v) is 7.79. The van der Waals surface area contributed by atoms with Gasteiger partial charge in [-0.3, -0.25) is 0 Å². The molecule has 0 saturated heterocycles. The van der Waals surface area contributed by atoms with Crippen molar-refractivity contribution in [2.45, 2.75) is 12.3 Å². The molecule has 178 valence electrons. The van der Waals surface area contributed by atoms with E-state index in [1.807, 2.05) is 30.3 Å². The van der Waals surface area contributed by atoms with E-state index in [1.165, 1.54) is 16.7 Å². The molecule has 0 aliphatic carbocycles. The topological polar surface area (TPSA) is 61.3 Å². The summed E-state index contributed by atoms with van der Waals surface area (Å²) >= 11 is 0. The van der Waals surface area contributed by atoms with Gasteiger partial charge in [0.25, 0.3) is 0 Å². The Labute approximate surface area is 215 Å². The molecule has 0 bridgehead atoms. The number of fused-ring (bicyclic) bond motifs is 4. The standard InChI is InChI=1S/C34H26N2O/c1-34(27-11-7-22(8-12-27)21-5-3-2-4-6-21)30-17-25-15-28(35)13-9-23(25)19-32(30)37-33-20-24-10-14-29(36)16-26(24)18-31(33)34/h2-20H,35-36H2,1H3. The predicted molar refractivity (Wildman–Crippen MR) is 154 cm³/mol. The molecule has 0 fully saturated rings. The lowest BCUT2D eigenvalue weighted by atomic mass is 9.68. The van der Waals surface area contributed by atoms with Gasteiger partial charge in [-0.05, 0) is 93.7 Å². The molecule has 6 aromatic rings. The fraction of sp³-hybridized carbons (Fsp3) is 0.0588. The zero-order valence-corrected chi connectivity index (χ0v) is 20.5. The summed E-state index contributed by atoms with van der Waals surface area (Å²) in [6, 6.07) is 40.2. The highest BCUT2D eigenvalue weighted by Gasteiger charge is 2.40. The molecule has 0 spiro atoms. The smallest absolute Gasteiger partial charge is 0.132 e. The van der Waals surface area contributed by atoms with E-state index in [2.05, 4.69) is 91.9 Å². The van der Waals surface area contributed by atoms with Crippen LogP contribution in [0.4, 0.5) is 11.4 Å². The van der Waals surface area contributed by atoms with Crippen LogP contribution in [0.5, 0.6) is 11.5 Å². The molecule has 7 rings (SSSR count). The summed E-state index contributed by atoms with van der Waals surface area (Å²) in [6.07, 6.45) is 0. The van der Waals surface area contributed by atoms with Gasteiger partial charge in [0.1, 0.15) is 11.5 Å². The summed E-state index contributed by atoms with van der Waals surface area (Å²) in [5.74, 6) is 1.74. The third kappa shape index (κ3) is 3.35. The molecular formula is C34H26N2O. The molecule has 0 radical (unpaired) electrons. The van der Waals surface area contributed by atoms with Crippen molar-refractivity contribution in [3.8, 4) is 22.6 Å². The highest BCUT2D eigenvalue weighted by molar-refractivity contribution is 5.92. The van der Waals surface area contributed by atoms with Crippen molar-refractivity contribution in [2.75, 3.05) is 11.5 Å². The minimum atomic E-state index is -0.449. The van der Waals surface area contributed by atoms with E-state index in [9.17, 15) is 0 Å². The number of ether oxygens (including phenoxy) is 1. The monoisotopic (exact) mass is 478 g/mol. The second-order valence-corrected chi connectivity index (χ2v) is 10.1. The van der Waals surface area contributed by atoms with E-state index in [0.717, 1.165) is 55.5 Å². The number of hydrogen-bond donors (Lipinski definition) is 2. The Morgan fingerprint density at radius 3 is 1.57 bits per heavy atom. The number of rotatable bonds is 2. The van der Waals surface area contributed by atoms with E-state index in [-0.39, 0.29) is 0 Å². The number of anilines is 2. The molecule has 6 aromatic carbocycles. The zero-order valence-electron chi connectivity index (χ0n) is 20.5. The van der Waals surface area contributed by atoms with Gasteiger partial charge in [-0.15, -0.1) is 0 Å². The van der Waals surface area contributed by atoms with E-state index >= 15 is 0 Å². The molecule has 0 atom stereocenters. The first-order chi connectivity index (χ1) is 18.0. The first kappa shape index (κ1) is 21.5. The van der Waals surface area contributed by atoms with Crippen molar-refractivity contribution in [1.29, 1.82) is 0 Å². The largest absolute Gasteiger partial charge is 0.457 e. The van der Waals surface area contributed by atoms with E-state index in [0.29, 0.717) is 0 Å². The van der Waals surface area contributed by atoms with Gasteiger partial charge in [0.05, 0.1) is 0 Å². The molecule has 0 aromatic heterocycles. The highest BCUT2D eigenvalue weighted by atomic mass is 16.5. The fourth-order valence-corrected chi connectivity index (χ4v) is 5.74. The van der Waals surface area contributed by atoms with Crippen LogP contribution in [-0.2, 0) is 5.41 Å². The van der Waals surface area contributed by atoms with Crippen molar-refractivity contribution in [1.82, 2.24) is 0 Å². The van der Waals surface area contributed by atoms with Crippen LogP contribution in [0.3, 0.4) is 0 Å². The first-order valence-electron chi connectivity index (χ1n) is 12.5.